The molecule has 0 bridgehead atoms. The molecule has 1 atom stereocenters. The second kappa shape index (κ2) is 8.15. The first-order chi connectivity index (χ1) is 11.8. The molecule has 1 amide bonds. The summed E-state index contributed by atoms with van der Waals surface area (Å²) in [7, 11) is 0. The van der Waals surface area contributed by atoms with Crippen LogP contribution in [0.5, 0.6) is 5.75 Å². The summed E-state index contributed by atoms with van der Waals surface area (Å²) in [5.74, 6) is 6.25. The molecule has 136 valence electrons. The third-order valence-corrected chi connectivity index (χ3v) is 4.14. The average Bonchev–Trinajstić information content (AvgIpc) is 2.88. The number of hydrogen-bond donors (Lipinski definition) is 2. The van der Waals surface area contributed by atoms with Gasteiger partial charge in [-0.1, -0.05) is 11.8 Å². The van der Waals surface area contributed by atoms with Gasteiger partial charge < -0.3 is 15.9 Å². The van der Waals surface area contributed by atoms with Crippen LogP contribution in [0.25, 0.3) is 11.4 Å². The van der Waals surface area contributed by atoms with Gasteiger partial charge in [0.15, 0.2) is 5.82 Å². The fourth-order valence-electron chi connectivity index (χ4n) is 1.95. The number of nitrogens with two attached hydrogens (primary N) is 1. The number of nitrogen functional groups attached to an aromatic ring is 1. The van der Waals surface area contributed by atoms with E-state index in [2.05, 4.69) is 20.3 Å². The molecule has 1 heterocycles. The molecule has 1 aromatic carbocycles. The molecule has 3 N–H and O–H groups in total. The van der Waals surface area contributed by atoms with E-state index in [9.17, 15) is 13.6 Å². The molecule has 2 aromatic rings. The molecule has 7 nitrogen and oxygen atoms in total. The SMILES string of the molecule is CC(C)NC(=O)C(C)Sc1nnc(-c2ccc(OC(F)F)cc2)n1N. The highest BCUT2D eigenvalue weighted by molar-refractivity contribution is 8.00. The lowest BCUT2D eigenvalue weighted by atomic mass is 10.2. The Morgan fingerprint density at radius 1 is 1.24 bits per heavy atom. The Balaban J connectivity index is 2.11. The van der Waals surface area contributed by atoms with E-state index >= 15 is 0 Å². The second-order valence-electron chi connectivity index (χ2n) is 5.50. The van der Waals surface area contributed by atoms with Gasteiger partial charge in [-0.3, -0.25) is 4.79 Å². The summed E-state index contributed by atoms with van der Waals surface area (Å²) in [5, 5.41) is 10.8. The summed E-state index contributed by atoms with van der Waals surface area (Å²) in [5.41, 5.74) is 0.586. The normalized spacial score (nSPS) is 12.4. The predicted molar refractivity (Wildman–Crippen MR) is 90.8 cm³/mol. The van der Waals surface area contributed by atoms with Crippen LogP contribution in [-0.4, -0.2) is 38.7 Å². The number of ether oxygens (including phenoxy) is 1. The standard InChI is InChI=1S/C15H19F2N5O2S/c1-8(2)19-13(23)9(3)25-15-21-20-12(22(15)18)10-4-6-11(7-5-10)24-14(16)17/h4-9,14H,18H2,1-3H3,(H,19,23). The molecule has 1 unspecified atom stereocenters. The van der Waals surface area contributed by atoms with Crippen molar-refractivity contribution in [1.82, 2.24) is 20.2 Å². The number of nitrogens with one attached hydrogen (secondary N) is 1. The van der Waals surface area contributed by atoms with Gasteiger partial charge in [-0.05, 0) is 45.0 Å². The van der Waals surface area contributed by atoms with Crippen LogP contribution in [0.2, 0.25) is 0 Å². The van der Waals surface area contributed by atoms with Crippen LogP contribution < -0.4 is 15.9 Å². The van der Waals surface area contributed by atoms with E-state index in [1.807, 2.05) is 13.8 Å². The summed E-state index contributed by atoms with van der Waals surface area (Å²) in [6, 6.07) is 5.92. The van der Waals surface area contributed by atoms with Crippen LogP contribution in [0.3, 0.4) is 0 Å². The van der Waals surface area contributed by atoms with Crippen LogP contribution in [0.15, 0.2) is 29.4 Å². The topological polar surface area (TPSA) is 95.1 Å². The highest BCUT2D eigenvalue weighted by Crippen LogP contribution is 2.26. The van der Waals surface area contributed by atoms with Crippen molar-refractivity contribution in [3.8, 4) is 17.1 Å². The van der Waals surface area contributed by atoms with E-state index in [-0.39, 0.29) is 17.7 Å². The number of halogens is 2. The van der Waals surface area contributed by atoms with Crippen LogP contribution >= 0.6 is 11.8 Å². The molecule has 0 aliphatic rings. The number of rotatable bonds is 7. The number of benzene rings is 1. The zero-order valence-electron chi connectivity index (χ0n) is 13.9. The third-order valence-electron chi connectivity index (χ3n) is 3.08. The van der Waals surface area contributed by atoms with Crippen molar-refractivity contribution in [3.05, 3.63) is 24.3 Å². The molecule has 0 saturated heterocycles. The van der Waals surface area contributed by atoms with Crippen molar-refractivity contribution in [2.24, 2.45) is 0 Å². The number of carbonyl (C=O) groups excluding carboxylic acids is 1. The Hall–Kier alpha value is -2.36. The molecular formula is C15H19F2N5O2S. The largest absolute Gasteiger partial charge is 0.435 e. The molecule has 25 heavy (non-hydrogen) atoms. The Labute approximate surface area is 147 Å². The smallest absolute Gasteiger partial charge is 0.387 e. The van der Waals surface area contributed by atoms with E-state index in [0.29, 0.717) is 16.5 Å². The number of hydrogen-bond acceptors (Lipinski definition) is 6. The van der Waals surface area contributed by atoms with Crippen LogP contribution in [0.1, 0.15) is 20.8 Å². The maximum atomic E-state index is 12.2. The molecule has 0 fully saturated rings. The van der Waals surface area contributed by atoms with Gasteiger partial charge in [-0.25, -0.2) is 4.68 Å². The van der Waals surface area contributed by atoms with Crippen molar-refractivity contribution in [2.75, 3.05) is 5.84 Å². The summed E-state index contributed by atoms with van der Waals surface area (Å²) >= 11 is 1.18. The molecule has 0 radical (unpaired) electrons. The van der Waals surface area contributed by atoms with Crippen molar-refractivity contribution < 1.29 is 18.3 Å². The molecule has 1 aromatic heterocycles. The summed E-state index contributed by atoms with van der Waals surface area (Å²) in [6.45, 7) is 2.61. The van der Waals surface area contributed by atoms with E-state index < -0.39 is 11.9 Å². The van der Waals surface area contributed by atoms with Gasteiger partial charge in [0.05, 0.1) is 5.25 Å². The van der Waals surface area contributed by atoms with Crippen LogP contribution in [0.4, 0.5) is 8.78 Å². The Morgan fingerprint density at radius 3 is 2.44 bits per heavy atom. The second-order valence-corrected chi connectivity index (χ2v) is 6.81. The van der Waals surface area contributed by atoms with E-state index in [4.69, 9.17) is 5.84 Å². The maximum absolute atomic E-state index is 12.2. The number of nitrogens with zero attached hydrogens (tertiary/aromatic N) is 3. The number of aromatic nitrogens is 3. The lowest BCUT2D eigenvalue weighted by Gasteiger charge is -2.13. The minimum Gasteiger partial charge on any atom is -0.435 e. The fourth-order valence-corrected chi connectivity index (χ4v) is 2.73. The minimum absolute atomic E-state index is 0.0374. The molecule has 10 heteroatoms. The first-order valence-electron chi connectivity index (χ1n) is 7.50. The van der Waals surface area contributed by atoms with Gasteiger partial charge in [0.25, 0.3) is 0 Å². The van der Waals surface area contributed by atoms with Gasteiger partial charge in [-0.2, -0.15) is 8.78 Å². The van der Waals surface area contributed by atoms with Gasteiger partial charge in [0.2, 0.25) is 11.1 Å². The fraction of sp³-hybridized carbons (Fsp3) is 0.400. The maximum Gasteiger partial charge on any atom is 0.387 e. The zero-order chi connectivity index (χ0) is 18.6. The van der Waals surface area contributed by atoms with Gasteiger partial charge >= 0.3 is 6.61 Å². The quantitative estimate of drug-likeness (QED) is 0.573. The van der Waals surface area contributed by atoms with E-state index in [0.717, 1.165) is 0 Å². The molecule has 0 aliphatic carbocycles. The molecule has 0 aliphatic heterocycles. The molecule has 0 spiro atoms. The monoisotopic (exact) mass is 371 g/mol. The zero-order valence-corrected chi connectivity index (χ0v) is 14.8. The first kappa shape index (κ1) is 19.0. The Morgan fingerprint density at radius 2 is 1.88 bits per heavy atom. The lowest BCUT2D eigenvalue weighted by molar-refractivity contribution is -0.120. The number of carbonyl (C=O) groups is 1. The van der Waals surface area contributed by atoms with Crippen LogP contribution in [0, 0.1) is 0 Å². The highest BCUT2D eigenvalue weighted by atomic mass is 32.2. The lowest BCUT2D eigenvalue weighted by Crippen LogP contribution is -2.36. The predicted octanol–water partition coefficient (Wildman–Crippen LogP) is 2.27. The molecule has 0 saturated carbocycles. The number of amides is 1. The molecule has 2 rings (SSSR count). The van der Waals surface area contributed by atoms with Gasteiger partial charge in [0, 0.05) is 11.6 Å². The van der Waals surface area contributed by atoms with Crippen LogP contribution in [-0.2, 0) is 4.79 Å². The van der Waals surface area contributed by atoms with Gasteiger partial charge in [-0.15, -0.1) is 10.2 Å². The number of alkyl halides is 2. The summed E-state index contributed by atoms with van der Waals surface area (Å²) in [6.07, 6.45) is 0. The Kier molecular flexibility index (Phi) is 6.18. The molecular weight excluding hydrogens is 352 g/mol. The van der Waals surface area contributed by atoms with Crippen molar-refractivity contribution in [2.45, 2.75) is 43.8 Å². The summed E-state index contributed by atoms with van der Waals surface area (Å²) < 4.78 is 29.9. The van der Waals surface area contributed by atoms with E-state index in [1.165, 1.54) is 28.6 Å². The third kappa shape index (κ3) is 5.05. The van der Waals surface area contributed by atoms with Crippen molar-refractivity contribution in [3.63, 3.8) is 0 Å². The number of thioether (sulfide) groups is 1. The highest BCUT2D eigenvalue weighted by Gasteiger charge is 2.20. The van der Waals surface area contributed by atoms with Crippen molar-refractivity contribution in [1.29, 1.82) is 0 Å². The Bertz CT molecular complexity index is 721. The first-order valence-corrected chi connectivity index (χ1v) is 8.38. The van der Waals surface area contributed by atoms with E-state index in [1.54, 1.807) is 19.1 Å². The van der Waals surface area contributed by atoms with Gasteiger partial charge in [0.1, 0.15) is 5.75 Å². The summed E-state index contributed by atoms with van der Waals surface area (Å²) in [4.78, 5) is 12.0. The average molecular weight is 371 g/mol. The minimum atomic E-state index is -2.88. The van der Waals surface area contributed by atoms with Crippen molar-refractivity contribution >= 4 is 17.7 Å².